The molecule has 0 radical (unpaired) electrons. The van der Waals surface area contributed by atoms with Crippen LogP contribution < -0.4 is 21.3 Å². The second-order valence-electron chi connectivity index (χ2n) is 5.43. The number of hydrogen-bond acceptors (Lipinski definition) is 3. The molecule has 1 fully saturated rings. The van der Waals surface area contributed by atoms with Crippen LogP contribution >= 0.6 is 0 Å². The van der Waals surface area contributed by atoms with Gasteiger partial charge in [0.1, 0.15) is 0 Å². The summed E-state index contributed by atoms with van der Waals surface area (Å²) in [6.45, 7) is 2.14. The Labute approximate surface area is 141 Å². The summed E-state index contributed by atoms with van der Waals surface area (Å²) in [7, 11) is 1.60. The van der Waals surface area contributed by atoms with E-state index in [2.05, 4.69) is 21.3 Å². The third-order valence-corrected chi connectivity index (χ3v) is 3.78. The fourth-order valence-electron chi connectivity index (χ4n) is 2.43. The Balaban J connectivity index is 1.80. The zero-order valence-corrected chi connectivity index (χ0v) is 13.7. The van der Waals surface area contributed by atoms with Crippen LogP contribution in [0.4, 0.5) is 15.3 Å². The first-order chi connectivity index (χ1) is 11.6. The van der Waals surface area contributed by atoms with Gasteiger partial charge in [0.2, 0.25) is 5.91 Å². The molecular weight excluding hydrogens is 310 g/mol. The summed E-state index contributed by atoms with van der Waals surface area (Å²) < 4.78 is 0. The molecular formula is C16H23N5O3. The van der Waals surface area contributed by atoms with E-state index in [1.165, 1.54) is 0 Å². The minimum Gasteiger partial charge on any atom is -0.359 e. The van der Waals surface area contributed by atoms with Crippen molar-refractivity contribution in [3.8, 4) is 0 Å². The van der Waals surface area contributed by atoms with E-state index < -0.39 is 0 Å². The van der Waals surface area contributed by atoms with Gasteiger partial charge in [-0.15, -0.1) is 0 Å². The van der Waals surface area contributed by atoms with Crippen LogP contribution in [0.5, 0.6) is 0 Å². The third kappa shape index (κ3) is 5.15. The molecule has 1 saturated heterocycles. The number of carbonyl (C=O) groups is 3. The standard InChI is InChI=1S/C16H23N5O3/c1-17-14(22)7-6-12-4-2-3-5-13(12)20-15(23)18-8-10-21-11-9-19-16(21)24/h2-5H,6-11H2,1H3,(H,17,22)(H,19,24)(H2,18,20,23). The summed E-state index contributed by atoms with van der Waals surface area (Å²) in [6.07, 6.45) is 0.908. The SMILES string of the molecule is CNC(=O)CCc1ccccc1NC(=O)NCCN1CCNC1=O. The Hall–Kier alpha value is -2.77. The van der Waals surface area contributed by atoms with E-state index in [0.29, 0.717) is 44.7 Å². The molecule has 0 bridgehead atoms. The summed E-state index contributed by atoms with van der Waals surface area (Å²) in [5, 5.41) is 10.8. The normalized spacial score (nSPS) is 13.4. The molecule has 0 saturated carbocycles. The van der Waals surface area contributed by atoms with Gasteiger partial charge in [-0.3, -0.25) is 4.79 Å². The van der Waals surface area contributed by atoms with Gasteiger partial charge in [-0.2, -0.15) is 0 Å². The fraction of sp³-hybridized carbons (Fsp3) is 0.438. The van der Waals surface area contributed by atoms with Crippen molar-refractivity contribution in [1.82, 2.24) is 20.9 Å². The number of benzene rings is 1. The van der Waals surface area contributed by atoms with Crippen LogP contribution in [-0.2, 0) is 11.2 Å². The Morgan fingerprint density at radius 2 is 2.08 bits per heavy atom. The van der Waals surface area contributed by atoms with Crippen molar-refractivity contribution in [1.29, 1.82) is 0 Å². The van der Waals surface area contributed by atoms with E-state index in [9.17, 15) is 14.4 Å². The molecule has 1 heterocycles. The number of para-hydroxylation sites is 1. The highest BCUT2D eigenvalue weighted by Crippen LogP contribution is 2.16. The van der Waals surface area contributed by atoms with Gasteiger partial charge in [-0.05, 0) is 18.1 Å². The second kappa shape index (κ2) is 8.76. The maximum absolute atomic E-state index is 12.0. The Morgan fingerprint density at radius 1 is 1.29 bits per heavy atom. The first-order valence-corrected chi connectivity index (χ1v) is 7.96. The number of aryl methyl sites for hydroxylation is 1. The van der Waals surface area contributed by atoms with Crippen LogP contribution in [0.3, 0.4) is 0 Å². The highest BCUT2D eigenvalue weighted by Gasteiger charge is 2.18. The molecule has 24 heavy (non-hydrogen) atoms. The summed E-state index contributed by atoms with van der Waals surface area (Å²) in [6, 6.07) is 6.94. The number of amides is 5. The molecule has 1 aromatic rings. The van der Waals surface area contributed by atoms with E-state index in [0.717, 1.165) is 5.56 Å². The van der Waals surface area contributed by atoms with E-state index in [4.69, 9.17) is 0 Å². The molecule has 130 valence electrons. The molecule has 8 heteroatoms. The lowest BCUT2D eigenvalue weighted by Gasteiger charge is -2.15. The molecule has 0 aliphatic carbocycles. The lowest BCUT2D eigenvalue weighted by atomic mass is 10.1. The summed E-state index contributed by atoms with van der Waals surface area (Å²) in [4.78, 5) is 36.4. The Kier molecular flexibility index (Phi) is 6.41. The molecule has 1 aromatic carbocycles. The number of rotatable bonds is 7. The summed E-state index contributed by atoms with van der Waals surface area (Å²) >= 11 is 0. The number of nitrogens with zero attached hydrogens (tertiary/aromatic N) is 1. The maximum Gasteiger partial charge on any atom is 0.319 e. The minimum absolute atomic E-state index is 0.0434. The fourth-order valence-corrected chi connectivity index (χ4v) is 2.43. The van der Waals surface area contributed by atoms with Crippen LogP contribution in [0, 0.1) is 0 Å². The minimum atomic E-state index is -0.331. The first-order valence-electron chi connectivity index (χ1n) is 7.96. The number of urea groups is 2. The number of hydrogen-bond donors (Lipinski definition) is 4. The van der Waals surface area contributed by atoms with Crippen molar-refractivity contribution in [3.05, 3.63) is 29.8 Å². The zero-order valence-electron chi connectivity index (χ0n) is 13.7. The number of nitrogens with one attached hydrogen (secondary N) is 4. The smallest absolute Gasteiger partial charge is 0.319 e. The van der Waals surface area contributed by atoms with Crippen molar-refractivity contribution >= 4 is 23.7 Å². The molecule has 0 aromatic heterocycles. The predicted molar refractivity (Wildman–Crippen MR) is 90.8 cm³/mol. The highest BCUT2D eigenvalue weighted by molar-refractivity contribution is 5.90. The Morgan fingerprint density at radius 3 is 2.79 bits per heavy atom. The van der Waals surface area contributed by atoms with E-state index >= 15 is 0 Å². The molecule has 1 aliphatic heterocycles. The molecule has 0 unspecified atom stereocenters. The van der Waals surface area contributed by atoms with Gasteiger partial charge < -0.3 is 26.2 Å². The van der Waals surface area contributed by atoms with Crippen molar-refractivity contribution in [2.45, 2.75) is 12.8 Å². The van der Waals surface area contributed by atoms with Gasteiger partial charge in [0.15, 0.2) is 0 Å². The first kappa shape index (κ1) is 17.6. The monoisotopic (exact) mass is 333 g/mol. The average molecular weight is 333 g/mol. The van der Waals surface area contributed by atoms with Gasteiger partial charge in [-0.25, -0.2) is 9.59 Å². The van der Waals surface area contributed by atoms with E-state index in [1.807, 2.05) is 18.2 Å². The molecule has 2 rings (SSSR count). The summed E-state index contributed by atoms with van der Waals surface area (Å²) in [5.41, 5.74) is 1.58. The van der Waals surface area contributed by atoms with Crippen molar-refractivity contribution in [2.75, 3.05) is 38.5 Å². The van der Waals surface area contributed by atoms with Crippen molar-refractivity contribution in [3.63, 3.8) is 0 Å². The van der Waals surface area contributed by atoms with Gasteiger partial charge >= 0.3 is 12.1 Å². The maximum atomic E-state index is 12.0. The molecule has 8 nitrogen and oxygen atoms in total. The number of anilines is 1. The van der Waals surface area contributed by atoms with E-state index in [1.54, 1.807) is 18.0 Å². The average Bonchev–Trinajstić information content (AvgIpc) is 2.99. The van der Waals surface area contributed by atoms with Crippen molar-refractivity contribution < 1.29 is 14.4 Å². The van der Waals surface area contributed by atoms with Crippen molar-refractivity contribution in [2.24, 2.45) is 0 Å². The molecule has 4 N–H and O–H groups in total. The Bertz CT molecular complexity index is 605. The molecule has 5 amide bonds. The van der Waals surface area contributed by atoms with Gasteiger partial charge in [0.05, 0.1) is 0 Å². The van der Waals surface area contributed by atoms with Crippen LogP contribution in [0.1, 0.15) is 12.0 Å². The van der Waals surface area contributed by atoms with Gasteiger partial charge in [-0.1, -0.05) is 18.2 Å². The summed E-state index contributed by atoms with van der Waals surface area (Å²) in [5.74, 6) is -0.0434. The van der Waals surface area contributed by atoms with Gasteiger partial charge in [0.25, 0.3) is 0 Å². The van der Waals surface area contributed by atoms with Crippen LogP contribution in [0.25, 0.3) is 0 Å². The lowest BCUT2D eigenvalue weighted by Crippen LogP contribution is -2.38. The van der Waals surface area contributed by atoms with E-state index in [-0.39, 0.29) is 18.0 Å². The second-order valence-corrected chi connectivity index (χ2v) is 5.43. The zero-order chi connectivity index (χ0) is 17.4. The van der Waals surface area contributed by atoms with Crippen LogP contribution in [0.15, 0.2) is 24.3 Å². The predicted octanol–water partition coefficient (Wildman–Crippen LogP) is 0.512. The quantitative estimate of drug-likeness (QED) is 0.585. The van der Waals surface area contributed by atoms with Crippen LogP contribution in [0.2, 0.25) is 0 Å². The van der Waals surface area contributed by atoms with Crippen LogP contribution in [-0.4, -0.2) is 56.1 Å². The number of carbonyl (C=O) groups excluding carboxylic acids is 3. The van der Waals surface area contributed by atoms with Gasteiger partial charge in [0, 0.05) is 45.3 Å². The third-order valence-electron chi connectivity index (χ3n) is 3.78. The lowest BCUT2D eigenvalue weighted by molar-refractivity contribution is -0.120. The highest BCUT2D eigenvalue weighted by atomic mass is 16.2. The largest absolute Gasteiger partial charge is 0.359 e. The topological polar surface area (TPSA) is 103 Å². The molecule has 0 atom stereocenters. The molecule has 0 spiro atoms. The molecule has 1 aliphatic rings.